The summed E-state index contributed by atoms with van der Waals surface area (Å²) >= 11 is 2.15. The van der Waals surface area contributed by atoms with Crippen molar-refractivity contribution >= 4 is 28.2 Å². The summed E-state index contributed by atoms with van der Waals surface area (Å²) in [5.41, 5.74) is 1.94. The number of nitrogens with one attached hydrogen (secondary N) is 1. The van der Waals surface area contributed by atoms with Crippen molar-refractivity contribution in [3.05, 3.63) is 32.1 Å². The summed E-state index contributed by atoms with van der Waals surface area (Å²) in [7, 11) is 0. The Balaban J connectivity index is 2.16. The molecule has 3 rings (SSSR count). The molecule has 5 heteroatoms. The molecule has 1 aliphatic rings. The first-order valence-corrected chi connectivity index (χ1v) is 7.10. The first-order valence-electron chi connectivity index (χ1n) is 6.02. The Hall–Kier alpha value is -0.850. The average Bonchev–Trinajstić information content (AvgIpc) is 2.74. The molecule has 0 aliphatic heterocycles. The van der Waals surface area contributed by atoms with Crippen LogP contribution in [0.5, 0.6) is 0 Å². The van der Waals surface area contributed by atoms with Crippen molar-refractivity contribution in [1.29, 1.82) is 0 Å². The third-order valence-electron chi connectivity index (χ3n) is 3.58. The fourth-order valence-corrected chi connectivity index (χ4v) is 3.30. The molecule has 2 aromatic heterocycles. The van der Waals surface area contributed by atoms with Crippen LogP contribution in [0.2, 0.25) is 0 Å². The molecule has 0 amide bonds. The second-order valence-corrected chi connectivity index (χ2v) is 5.73. The lowest BCUT2D eigenvalue weighted by Gasteiger charge is -2.21. The zero-order valence-corrected chi connectivity index (χ0v) is 11.6. The molecule has 1 fully saturated rings. The molecule has 0 saturated heterocycles. The molecule has 1 aliphatic carbocycles. The summed E-state index contributed by atoms with van der Waals surface area (Å²) in [5, 5.41) is 0. The minimum Gasteiger partial charge on any atom is -0.313 e. The van der Waals surface area contributed by atoms with Gasteiger partial charge >= 0.3 is 5.69 Å². The Labute approximate surface area is 113 Å². The highest BCUT2D eigenvalue weighted by Crippen LogP contribution is 2.33. The van der Waals surface area contributed by atoms with E-state index < -0.39 is 0 Å². The fourth-order valence-electron chi connectivity index (χ4n) is 2.71. The highest BCUT2D eigenvalue weighted by molar-refractivity contribution is 14.1. The molecule has 2 aromatic rings. The van der Waals surface area contributed by atoms with Crippen LogP contribution in [0, 0.1) is 3.70 Å². The van der Waals surface area contributed by atoms with Gasteiger partial charge in [-0.15, -0.1) is 0 Å². The number of aromatic amines is 1. The van der Waals surface area contributed by atoms with Gasteiger partial charge in [0, 0.05) is 11.8 Å². The molecule has 0 aromatic carbocycles. The predicted octanol–water partition coefficient (Wildman–Crippen LogP) is 2.67. The van der Waals surface area contributed by atoms with Crippen molar-refractivity contribution in [3.8, 4) is 0 Å². The molecule has 17 heavy (non-hydrogen) atoms. The van der Waals surface area contributed by atoms with Crippen molar-refractivity contribution in [3.63, 3.8) is 0 Å². The third-order valence-corrected chi connectivity index (χ3v) is 4.34. The average molecular weight is 343 g/mol. The minimum absolute atomic E-state index is 0.0959. The Morgan fingerprint density at radius 1 is 1.35 bits per heavy atom. The first kappa shape index (κ1) is 11.3. The Morgan fingerprint density at radius 3 is 2.88 bits per heavy atom. The maximum atomic E-state index is 11.8. The monoisotopic (exact) mass is 343 g/mol. The molecule has 4 nitrogen and oxygen atoms in total. The standard InChI is InChI=1S/C12H14IN3O/c13-10-7-14-11-9(6-15-12(17)16(10)11)8-4-2-1-3-5-8/h6-8H,1-5H2,(H,15,17). The van der Waals surface area contributed by atoms with Crippen LogP contribution in [0.25, 0.3) is 5.65 Å². The van der Waals surface area contributed by atoms with Crippen molar-refractivity contribution in [2.45, 2.75) is 38.0 Å². The molecule has 0 unspecified atom stereocenters. The summed E-state index contributed by atoms with van der Waals surface area (Å²) in [4.78, 5) is 19.0. The van der Waals surface area contributed by atoms with Crippen molar-refractivity contribution in [2.75, 3.05) is 0 Å². The number of H-pyrrole nitrogens is 1. The van der Waals surface area contributed by atoms with E-state index in [-0.39, 0.29) is 5.69 Å². The van der Waals surface area contributed by atoms with Gasteiger partial charge in [-0.05, 0) is 41.4 Å². The van der Waals surface area contributed by atoms with E-state index in [1.54, 1.807) is 10.6 Å². The second kappa shape index (κ2) is 4.44. The molecular weight excluding hydrogens is 329 g/mol. The van der Waals surface area contributed by atoms with Crippen LogP contribution in [-0.2, 0) is 0 Å². The van der Waals surface area contributed by atoms with Crippen LogP contribution in [0.3, 0.4) is 0 Å². The molecule has 1 saturated carbocycles. The van der Waals surface area contributed by atoms with Crippen molar-refractivity contribution in [2.24, 2.45) is 0 Å². The van der Waals surface area contributed by atoms with Crippen LogP contribution in [-0.4, -0.2) is 14.4 Å². The molecular formula is C12H14IN3O. The fraction of sp³-hybridized carbons (Fsp3) is 0.500. The van der Waals surface area contributed by atoms with E-state index >= 15 is 0 Å². The smallest absolute Gasteiger partial charge is 0.313 e. The molecule has 0 bridgehead atoms. The lowest BCUT2D eigenvalue weighted by atomic mass is 9.85. The first-order chi connectivity index (χ1) is 8.27. The lowest BCUT2D eigenvalue weighted by molar-refractivity contribution is 0.443. The van der Waals surface area contributed by atoms with E-state index in [1.165, 1.54) is 37.7 Å². The zero-order valence-electron chi connectivity index (χ0n) is 9.45. The topological polar surface area (TPSA) is 50.2 Å². The SMILES string of the molecule is O=c1[nH]cc(C2CCCCC2)c2ncc(I)n12. The molecule has 0 atom stereocenters. The largest absolute Gasteiger partial charge is 0.332 e. The van der Waals surface area contributed by atoms with Gasteiger partial charge in [-0.25, -0.2) is 14.2 Å². The van der Waals surface area contributed by atoms with Gasteiger partial charge in [-0.3, -0.25) is 0 Å². The Bertz CT molecular complexity index is 595. The van der Waals surface area contributed by atoms with Gasteiger partial charge in [0.25, 0.3) is 0 Å². The van der Waals surface area contributed by atoms with E-state index in [2.05, 4.69) is 32.6 Å². The maximum Gasteiger partial charge on any atom is 0.332 e. The van der Waals surface area contributed by atoms with Gasteiger partial charge in [-0.2, -0.15) is 0 Å². The summed E-state index contributed by atoms with van der Waals surface area (Å²) in [6.45, 7) is 0. The zero-order chi connectivity index (χ0) is 11.8. The molecule has 1 N–H and O–H groups in total. The number of fused-ring (bicyclic) bond motifs is 1. The van der Waals surface area contributed by atoms with Crippen LogP contribution >= 0.6 is 22.6 Å². The van der Waals surface area contributed by atoms with E-state index in [0.29, 0.717) is 5.92 Å². The van der Waals surface area contributed by atoms with Crippen LogP contribution in [0.1, 0.15) is 43.6 Å². The van der Waals surface area contributed by atoms with Crippen LogP contribution in [0.15, 0.2) is 17.2 Å². The lowest BCUT2D eigenvalue weighted by Crippen LogP contribution is -2.19. The minimum atomic E-state index is -0.0959. The van der Waals surface area contributed by atoms with E-state index in [1.807, 2.05) is 6.20 Å². The highest BCUT2D eigenvalue weighted by atomic mass is 127. The van der Waals surface area contributed by atoms with Gasteiger partial charge in [0.2, 0.25) is 0 Å². The van der Waals surface area contributed by atoms with Crippen molar-refractivity contribution < 1.29 is 0 Å². The number of hydrogen-bond donors (Lipinski definition) is 1. The van der Waals surface area contributed by atoms with Crippen LogP contribution in [0.4, 0.5) is 0 Å². The molecule has 0 radical (unpaired) electrons. The van der Waals surface area contributed by atoms with E-state index in [9.17, 15) is 4.79 Å². The second-order valence-electron chi connectivity index (χ2n) is 4.62. The quantitative estimate of drug-likeness (QED) is 0.810. The predicted molar refractivity (Wildman–Crippen MR) is 74.4 cm³/mol. The van der Waals surface area contributed by atoms with E-state index in [4.69, 9.17) is 0 Å². The summed E-state index contributed by atoms with van der Waals surface area (Å²) in [6.07, 6.45) is 9.95. The molecule has 90 valence electrons. The maximum absolute atomic E-state index is 11.8. The van der Waals surface area contributed by atoms with Gasteiger partial charge in [0.05, 0.1) is 6.20 Å². The number of halogens is 1. The summed E-state index contributed by atoms with van der Waals surface area (Å²) < 4.78 is 2.54. The van der Waals surface area contributed by atoms with Crippen LogP contribution < -0.4 is 5.69 Å². The highest BCUT2D eigenvalue weighted by Gasteiger charge is 2.20. The third kappa shape index (κ3) is 1.90. The Morgan fingerprint density at radius 2 is 2.12 bits per heavy atom. The van der Waals surface area contributed by atoms with Gasteiger partial charge in [0.1, 0.15) is 9.35 Å². The number of rotatable bonds is 1. The summed E-state index contributed by atoms with van der Waals surface area (Å²) in [5.74, 6) is 0.557. The number of nitrogens with zero attached hydrogens (tertiary/aromatic N) is 2. The normalized spacial score (nSPS) is 17.7. The number of imidazole rings is 1. The van der Waals surface area contributed by atoms with Gasteiger partial charge < -0.3 is 4.98 Å². The molecule has 2 heterocycles. The number of aromatic nitrogens is 3. The van der Waals surface area contributed by atoms with Gasteiger partial charge in [0.15, 0.2) is 0 Å². The Kier molecular flexibility index (Phi) is 2.94. The van der Waals surface area contributed by atoms with Crippen molar-refractivity contribution in [1.82, 2.24) is 14.4 Å². The molecule has 0 spiro atoms. The summed E-state index contributed by atoms with van der Waals surface area (Å²) in [6, 6.07) is 0. The van der Waals surface area contributed by atoms with E-state index in [0.717, 1.165) is 9.35 Å². The van der Waals surface area contributed by atoms with Gasteiger partial charge in [-0.1, -0.05) is 19.3 Å². The number of hydrogen-bond acceptors (Lipinski definition) is 2.